The summed E-state index contributed by atoms with van der Waals surface area (Å²) in [6.07, 6.45) is -5.83. The number of thiazole rings is 1. The molecule has 80 valence electrons. The van der Waals surface area contributed by atoms with Gasteiger partial charge in [0.15, 0.2) is 0 Å². The average molecular weight is 225 g/mol. The molecule has 0 aliphatic carbocycles. The van der Waals surface area contributed by atoms with Gasteiger partial charge in [0.05, 0.1) is 16.8 Å². The van der Waals surface area contributed by atoms with Crippen LogP contribution >= 0.6 is 11.3 Å². The minimum atomic E-state index is -4.14. The van der Waals surface area contributed by atoms with Crippen molar-refractivity contribution in [2.24, 2.45) is 0 Å². The van der Waals surface area contributed by atoms with Crippen molar-refractivity contribution in [2.75, 3.05) is 0 Å². The van der Waals surface area contributed by atoms with E-state index in [2.05, 4.69) is 4.98 Å². The molecule has 1 N–H and O–H groups in total. The van der Waals surface area contributed by atoms with Crippen molar-refractivity contribution in [1.82, 2.24) is 4.98 Å². The predicted octanol–water partition coefficient (Wildman–Crippen LogP) is 2.69. The smallest absolute Gasteiger partial charge is 0.387 e. The summed E-state index contributed by atoms with van der Waals surface area (Å²) in [4.78, 5) is 3.88. The first-order valence-corrected chi connectivity index (χ1v) is 4.95. The summed E-state index contributed by atoms with van der Waals surface area (Å²) in [5.74, 6) is 0. The highest BCUT2D eigenvalue weighted by Gasteiger charge is 2.27. The molecular formula is C8H10F3NOS. The predicted molar refractivity (Wildman–Crippen MR) is 47.1 cm³/mol. The zero-order valence-corrected chi connectivity index (χ0v) is 8.32. The Morgan fingerprint density at radius 3 is 2.64 bits per heavy atom. The zero-order valence-electron chi connectivity index (χ0n) is 7.51. The monoisotopic (exact) mass is 225 g/mol. The third kappa shape index (κ3) is 3.63. The Bertz CT molecular complexity index is 295. The van der Waals surface area contributed by atoms with Gasteiger partial charge in [-0.15, -0.1) is 11.3 Å². The van der Waals surface area contributed by atoms with Crippen LogP contribution in [0.5, 0.6) is 0 Å². The molecule has 1 aromatic rings. The van der Waals surface area contributed by atoms with E-state index in [-0.39, 0.29) is 6.42 Å². The molecule has 0 spiro atoms. The van der Waals surface area contributed by atoms with Crippen molar-refractivity contribution in [3.05, 3.63) is 16.1 Å². The Balaban J connectivity index is 2.52. The molecule has 0 saturated heterocycles. The molecule has 1 rings (SSSR count). The van der Waals surface area contributed by atoms with Gasteiger partial charge in [0.25, 0.3) is 0 Å². The summed E-state index contributed by atoms with van der Waals surface area (Å²) in [7, 11) is 0. The molecule has 1 heterocycles. The molecule has 1 atom stereocenters. The van der Waals surface area contributed by atoms with E-state index in [0.29, 0.717) is 10.7 Å². The molecule has 14 heavy (non-hydrogen) atoms. The Morgan fingerprint density at radius 2 is 2.21 bits per heavy atom. The van der Waals surface area contributed by atoms with Gasteiger partial charge in [0.1, 0.15) is 0 Å². The Hall–Kier alpha value is -0.620. The molecule has 0 saturated carbocycles. The number of hydrogen-bond acceptors (Lipinski definition) is 3. The summed E-state index contributed by atoms with van der Waals surface area (Å²) in [5.41, 5.74) is 0.437. The number of alkyl halides is 3. The number of rotatable bonds is 3. The molecular weight excluding hydrogens is 215 g/mol. The number of halogens is 3. The summed E-state index contributed by atoms with van der Waals surface area (Å²) in [6, 6.07) is 0. The summed E-state index contributed by atoms with van der Waals surface area (Å²) >= 11 is 1.15. The van der Waals surface area contributed by atoms with Gasteiger partial charge < -0.3 is 5.11 Å². The van der Waals surface area contributed by atoms with Crippen molar-refractivity contribution in [3.63, 3.8) is 0 Å². The van der Waals surface area contributed by atoms with Crippen LogP contribution in [0.25, 0.3) is 0 Å². The van der Waals surface area contributed by atoms with E-state index < -0.39 is 18.7 Å². The van der Waals surface area contributed by atoms with Crippen LogP contribution in [0.15, 0.2) is 5.38 Å². The molecule has 0 radical (unpaired) electrons. The van der Waals surface area contributed by atoms with E-state index in [0.717, 1.165) is 11.3 Å². The first-order chi connectivity index (χ1) is 6.38. The molecule has 2 nitrogen and oxygen atoms in total. The van der Waals surface area contributed by atoms with E-state index in [1.807, 2.05) is 0 Å². The highest BCUT2D eigenvalue weighted by atomic mass is 32.1. The van der Waals surface area contributed by atoms with Crippen LogP contribution < -0.4 is 0 Å². The zero-order chi connectivity index (χ0) is 10.8. The maximum absolute atomic E-state index is 11.8. The molecule has 6 heteroatoms. The number of aromatic nitrogens is 1. The normalized spacial score (nSPS) is 14.4. The second kappa shape index (κ2) is 4.27. The lowest BCUT2D eigenvalue weighted by molar-refractivity contribution is -0.134. The number of nitrogens with zero attached hydrogens (tertiary/aromatic N) is 1. The molecule has 1 unspecified atom stereocenters. The minimum Gasteiger partial charge on any atom is -0.387 e. The van der Waals surface area contributed by atoms with Crippen molar-refractivity contribution in [1.29, 1.82) is 0 Å². The van der Waals surface area contributed by atoms with Crippen molar-refractivity contribution < 1.29 is 18.3 Å². The van der Waals surface area contributed by atoms with Gasteiger partial charge in [-0.1, -0.05) is 0 Å². The van der Waals surface area contributed by atoms with Crippen molar-refractivity contribution in [2.45, 2.75) is 32.0 Å². The first kappa shape index (κ1) is 11.5. The third-order valence-corrected chi connectivity index (χ3v) is 2.55. The van der Waals surface area contributed by atoms with Gasteiger partial charge in [-0.25, -0.2) is 4.98 Å². The van der Waals surface area contributed by atoms with Crippen LogP contribution in [0.1, 0.15) is 30.2 Å². The summed E-state index contributed by atoms with van der Waals surface area (Å²) in [5, 5.41) is 11.1. The van der Waals surface area contributed by atoms with Gasteiger partial charge in [-0.3, -0.25) is 0 Å². The fraction of sp³-hybridized carbons (Fsp3) is 0.625. The highest BCUT2D eigenvalue weighted by molar-refractivity contribution is 7.09. The SMILES string of the molecule is CC(O)c1csc(CCC(F)(F)F)n1. The number of hydrogen-bond donors (Lipinski definition) is 1. The molecule has 0 aromatic carbocycles. The van der Waals surface area contributed by atoms with Crippen LogP contribution in [0.3, 0.4) is 0 Å². The maximum Gasteiger partial charge on any atom is 0.389 e. The maximum atomic E-state index is 11.8. The Labute approximate surface area is 83.4 Å². The Kier molecular flexibility index (Phi) is 3.49. The minimum absolute atomic E-state index is 0.110. The van der Waals surface area contributed by atoms with Crippen molar-refractivity contribution in [3.8, 4) is 0 Å². The largest absolute Gasteiger partial charge is 0.389 e. The van der Waals surface area contributed by atoms with E-state index in [9.17, 15) is 13.2 Å². The molecule has 0 bridgehead atoms. The highest BCUT2D eigenvalue weighted by Crippen LogP contribution is 2.24. The lowest BCUT2D eigenvalue weighted by atomic mass is 10.3. The van der Waals surface area contributed by atoms with Crippen LogP contribution in [0, 0.1) is 0 Å². The summed E-state index contributed by atoms with van der Waals surface area (Å²) < 4.78 is 35.5. The van der Waals surface area contributed by atoms with Gasteiger partial charge >= 0.3 is 6.18 Å². The topological polar surface area (TPSA) is 33.1 Å². The van der Waals surface area contributed by atoms with Crippen LogP contribution in [0.2, 0.25) is 0 Å². The van der Waals surface area contributed by atoms with Crippen LogP contribution in [0.4, 0.5) is 13.2 Å². The number of aryl methyl sites for hydroxylation is 1. The third-order valence-electron chi connectivity index (χ3n) is 1.62. The molecule has 0 aliphatic heterocycles. The number of aliphatic hydroxyl groups is 1. The lowest BCUT2D eigenvalue weighted by Gasteiger charge is -2.03. The van der Waals surface area contributed by atoms with Gasteiger partial charge in [0.2, 0.25) is 0 Å². The molecule has 0 aliphatic rings. The van der Waals surface area contributed by atoms with Gasteiger partial charge in [-0.05, 0) is 6.92 Å². The molecule has 1 aromatic heterocycles. The fourth-order valence-electron chi connectivity index (χ4n) is 0.880. The second-order valence-electron chi connectivity index (χ2n) is 2.96. The molecule has 0 amide bonds. The Morgan fingerprint density at radius 1 is 1.57 bits per heavy atom. The second-order valence-corrected chi connectivity index (χ2v) is 3.90. The van der Waals surface area contributed by atoms with Gasteiger partial charge in [-0.2, -0.15) is 13.2 Å². The average Bonchev–Trinajstić information content (AvgIpc) is 2.47. The van der Waals surface area contributed by atoms with Crippen molar-refractivity contribution >= 4 is 11.3 Å². The summed E-state index contributed by atoms with van der Waals surface area (Å²) in [6.45, 7) is 1.53. The number of aliphatic hydroxyl groups excluding tert-OH is 1. The van der Waals surface area contributed by atoms with E-state index >= 15 is 0 Å². The van der Waals surface area contributed by atoms with Crippen LogP contribution in [-0.2, 0) is 6.42 Å². The van der Waals surface area contributed by atoms with E-state index in [1.54, 1.807) is 5.38 Å². The van der Waals surface area contributed by atoms with E-state index in [4.69, 9.17) is 5.11 Å². The molecule has 0 fully saturated rings. The standard InChI is InChI=1S/C8H10F3NOS/c1-5(13)6-4-14-7(12-6)2-3-8(9,10)11/h4-5,13H,2-3H2,1H3. The first-order valence-electron chi connectivity index (χ1n) is 4.07. The quantitative estimate of drug-likeness (QED) is 0.857. The fourth-order valence-corrected chi connectivity index (χ4v) is 1.76. The van der Waals surface area contributed by atoms with E-state index in [1.165, 1.54) is 6.92 Å². The van der Waals surface area contributed by atoms with Crippen LogP contribution in [-0.4, -0.2) is 16.3 Å². The lowest BCUT2D eigenvalue weighted by Crippen LogP contribution is -2.08. The van der Waals surface area contributed by atoms with Gasteiger partial charge in [0, 0.05) is 18.2 Å².